The van der Waals surface area contributed by atoms with Crippen molar-refractivity contribution in [2.24, 2.45) is 5.92 Å². The van der Waals surface area contributed by atoms with Crippen LogP contribution in [-0.4, -0.2) is 48.3 Å². The maximum absolute atomic E-state index is 12.9. The second-order valence-electron chi connectivity index (χ2n) is 7.14. The second kappa shape index (κ2) is 9.11. The van der Waals surface area contributed by atoms with Crippen LogP contribution in [0.5, 0.6) is 0 Å². The van der Waals surface area contributed by atoms with Gasteiger partial charge < -0.3 is 5.32 Å². The van der Waals surface area contributed by atoms with Crippen LogP contribution >= 0.6 is 11.3 Å². The number of sulfonamides is 1. The van der Waals surface area contributed by atoms with E-state index in [0.29, 0.717) is 29.7 Å². The number of ketones is 1. The van der Waals surface area contributed by atoms with E-state index in [-0.39, 0.29) is 17.2 Å². The average Bonchev–Trinajstić information content (AvgIpc) is 3.14. The highest BCUT2D eigenvalue weighted by Gasteiger charge is 2.28. The minimum absolute atomic E-state index is 0.0471. The first-order chi connectivity index (χ1) is 13.4. The van der Waals surface area contributed by atoms with Gasteiger partial charge in [-0.15, -0.1) is 10.2 Å². The summed E-state index contributed by atoms with van der Waals surface area (Å²) in [4.78, 5) is 12.7. The molecule has 2 aromatic rings. The summed E-state index contributed by atoms with van der Waals surface area (Å²) in [5.41, 5.74) is 0.372. The first-order valence-corrected chi connectivity index (χ1v) is 11.9. The molecule has 1 saturated heterocycles. The fourth-order valence-electron chi connectivity index (χ4n) is 3.10. The molecule has 0 saturated carbocycles. The number of carbonyl (C=O) groups is 1. The minimum Gasteiger partial charge on any atom is -0.353 e. The van der Waals surface area contributed by atoms with Gasteiger partial charge in [-0.05, 0) is 37.3 Å². The molecule has 1 aliphatic heterocycles. The molecule has 7 nitrogen and oxygen atoms in total. The lowest BCUT2D eigenvalue weighted by Crippen LogP contribution is -2.37. The maximum atomic E-state index is 12.9. The van der Waals surface area contributed by atoms with Crippen molar-refractivity contribution in [2.45, 2.75) is 44.4 Å². The average molecular weight is 423 g/mol. The van der Waals surface area contributed by atoms with E-state index < -0.39 is 10.0 Å². The molecule has 0 atom stereocenters. The number of anilines is 1. The summed E-state index contributed by atoms with van der Waals surface area (Å²) in [7, 11) is -3.57. The third-order valence-corrected chi connectivity index (χ3v) is 7.70. The molecule has 0 unspecified atom stereocenters. The lowest BCUT2D eigenvalue weighted by Gasteiger charge is -2.29. The molecule has 0 amide bonds. The van der Waals surface area contributed by atoms with Gasteiger partial charge in [-0.3, -0.25) is 4.79 Å². The van der Waals surface area contributed by atoms with Crippen LogP contribution in [0.2, 0.25) is 0 Å². The Bertz CT molecular complexity index is 919. The molecule has 1 aliphatic rings. The van der Waals surface area contributed by atoms with E-state index in [0.717, 1.165) is 30.7 Å². The molecule has 0 spiro atoms. The molecule has 2 heterocycles. The molecule has 0 radical (unpaired) electrons. The van der Waals surface area contributed by atoms with Gasteiger partial charge >= 0.3 is 0 Å². The largest absolute Gasteiger partial charge is 0.353 e. The summed E-state index contributed by atoms with van der Waals surface area (Å²) in [6.45, 7) is 5.31. The number of hydrogen-bond acceptors (Lipinski definition) is 7. The number of nitrogens with zero attached hydrogens (tertiary/aromatic N) is 3. The SMILES string of the molecule is CCCc1nnc(NCC(=O)c2cccc(S(=O)(=O)N3CCC(C)CC3)c2)s1. The Morgan fingerprint density at radius 3 is 2.75 bits per heavy atom. The number of benzene rings is 1. The normalized spacial score (nSPS) is 16.2. The van der Waals surface area contributed by atoms with Gasteiger partial charge in [0.25, 0.3) is 0 Å². The van der Waals surface area contributed by atoms with Crippen molar-refractivity contribution in [3.8, 4) is 0 Å². The molecule has 3 rings (SSSR count). The third-order valence-electron chi connectivity index (χ3n) is 4.87. The summed E-state index contributed by atoms with van der Waals surface area (Å²) in [6, 6.07) is 6.29. The second-order valence-corrected chi connectivity index (χ2v) is 10.1. The molecule has 1 fully saturated rings. The Morgan fingerprint density at radius 2 is 2.04 bits per heavy atom. The zero-order valence-corrected chi connectivity index (χ0v) is 17.9. The van der Waals surface area contributed by atoms with E-state index in [9.17, 15) is 13.2 Å². The molecular formula is C19H26N4O3S2. The van der Waals surface area contributed by atoms with Gasteiger partial charge in [-0.2, -0.15) is 4.31 Å². The lowest BCUT2D eigenvalue weighted by molar-refractivity contribution is 0.101. The zero-order chi connectivity index (χ0) is 20.1. The van der Waals surface area contributed by atoms with Crippen LogP contribution in [0.1, 0.15) is 48.5 Å². The summed E-state index contributed by atoms with van der Waals surface area (Å²) in [6.07, 6.45) is 3.58. The van der Waals surface area contributed by atoms with E-state index in [1.54, 1.807) is 18.2 Å². The van der Waals surface area contributed by atoms with Gasteiger partial charge in [0.15, 0.2) is 5.78 Å². The summed E-state index contributed by atoms with van der Waals surface area (Å²) in [5.74, 6) is 0.361. The van der Waals surface area contributed by atoms with Crippen molar-refractivity contribution < 1.29 is 13.2 Å². The quantitative estimate of drug-likeness (QED) is 0.657. The van der Waals surface area contributed by atoms with E-state index in [4.69, 9.17) is 0 Å². The standard InChI is InChI=1S/C19H26N4O3S2/c1-3-5-18-21-22-19(27-18)20-13-17(24)15-6-4-7-16(12-15)28(25,26)23-10-8-14(2)9-11-23/h4,6-7,12,14H,3,5,8-11,13H2,1-2H3,(H,20,22). The van der Waals surface area contributed by atoms with Gasteiger partial charge in [-0.1, -0.05) is 37.3 Å². The first kappa shape index (κ1) is 20.9. The van der Waals surface area contributed by atoms with Crippen LogP contribution in [-0.2, 0) is 16.4 Å². The number of nitrogens with one attached hydrogen (secondary N) is 1. The van der Waals surface area contributed by atoms with Crippen LogP contribution in [0.3, 0.4) is 0 Å². The summed E-state index contributed by atoms with van der Waals surface area (Å²) in [5, 5.41) is 12.6. The number of rotatable bonds is 8. The van der Waals surface area contributed by atoms with Crippen LogP contribution < -0.4 is 5.32 Å². The lowest BCUT2D eigenvalue weighted by atomic mass is 10.0. The van der Waals surface area contributed by atoms with Crippen LogP contribution in [0, 0.1) is 5.92 Å². The molecule has 0 bridgehead atoms. The van der Waals surface area contributed by atoms with Gasteiger partial charge in [0.1, 0.15) is 5.01 Å². The number of aryl methyl sites for hydroxylation is 1. The Kier molecular flexibility index (Phi) is 6.79. The van der Waals surface area contributed by atoms with Crippen molar-refractivity contribution in [1.82, 2.24) is 14.5 Å². The molecular weight excluding hydrogens is 396 g/mol. The van der Waals surface area contributed by atoms with Crippen LogP contribution in [0.15, 0.2) is 29.2 Å². The van der Waals surface area contributed by atoms with Crippen LogP contribution in [0.25, 0.3) is 0 Å². The Balaban J connectivity index is 1.67. The van der Waals surface area contributed by atoms with Gasteiger partial charge in [0, 0.05) is 25.1 Å². The summed E-state index contributed by atoms with van der Waals surface area (Å²) >= 11 is 1.43. The van der Waals surface area contributed by atoms with Crippen LogP contribution in [0.4, 0.5) is 5.13 Å². The van der Waals surface area contributed by atoms with E-state index >= 15 is 0 Å². The van der Waals surface area contributed by atoms with Crippen molar-refractivity contribution in [2.75, 3.05) is 25.0 Å². The Morgan fingerprint density at radius 1 is 1.29 bits per heavy atom. The Labute approximate surface area is 170 Å². The van der Waals surface area contributed by atoms with Crippen molar-refractivity contribution >= 4 is 32.3 Å². The fourth-order valence-corrected chi connectivity index (χ4v) is 5.46. The fraction of sp³-hybridized carbons (Fsp3) is 0.526. The molecule has 1 aromatic carbocycles. The minimum atomic E-state index is -3.57. The van der Waals surface area contributed by atoms with Gasteiger partial charge in [0.05, 0.1) is 11.4 Å². The van der Waals surface area contributed by atoms with Crippen molar-refractivity contribution in [1.29, 1.82) is 0 Å². The highest BCUT2D eigenvalue weighted by atomic mass is 32.2. The van der Waals surface area contributed by atoms with Gasteiger partial charge in [0.2, 0.25) is 15.2 Å². The topological polar surface area (TPSA) is 92.3 Å². The predicted octanol–water partition coefficient (Wildman–Crippen LogP) is 3.21. The molecule has 1 aromatic heterocycles. The number of carbonyl (C=O) groups excluding carboxylic acids is 1. The molecule has 1 N–H and O–H groups in total. The third kappa shape index (κ3) is 4.95. The molecule has 28 heavy (non-hydrogen) atoms. The highest BCUT2D eigenvalue weighted by molar-refractivity contribution is 7.89. The van der Waals surface area contributed by atoms with Gasteiger partial charge in [-0.25, -0.2) is 8.42 Å². The smallest absolute Gasteiger partial charge is 0.243 e. The highest BCUT2D eigenvalue weighted by Crippen LogP contribution is 2.24. The number of aromatic nitrogens is 2. The number of hydrogen-bond donors (Lipinski definition) is 1. The predicted molar refractivity (Wildman–Crippen MR) is 110 cm³/mol. The first-order valence-electron chi connectivity index (χ1n) is 9.60. The Hall–Kier alpha value is -1.84. The monoisotopic (exact) mass is 422 g/mol. The zero-order valence-electron chi connectivity index (χ0n) is 16.2. The van der Waals surface area contributed by atoms with Crippen molar-refractivity contribution in [3.05, 3.63) is 34.8 Å². The number of Topliss-reactive ketones (excluding diaryl/α,β-unsaturated/α-hetero) is 1. The number of piperidine rings is 1. The summed E-state index contributed by atoms with van der Waals surface area (Å²) < 4.78 is 27.3. The molecule has 9 heteroatoms. The molecule has 152 valence electrons. The van der Waals surface area contributed by atoms with Crippen molar-refractivity contribution in [3.63, 3.8) is 0 Å². The van der Waals surface area contributed by atoms with E-state index in [1.807, 2.05) is 0 Å². The molecule has 0 aliphatic carbocycles. The van der Waals surface area contributed by atoms with E-state index in [1.165, 1.54) is 21.7 Å². The van der Waals surface area contributed by atoms with E-state index in [2.05, 4.69) is 29.4 Å². The maximum Gasteiger partial charge on any atom is 0.243 e.